The Kier molecular flexibility index (Phi) is 8.50. The minimum Gasteiger partial charge on any atom is -0.298 e. The average Bonchev–Trinajstić information content (AvgIpc) is 2.99. The molecule has 0 atom stereocenters. The second-order valence-electron chi connectivity index (χ2n) is 7.32. The SMILES string of the molecule is CC(=O)OI1(CC(=O)O)(OC(C)=O)OC(=O)c2ccccc21.O=Cc1ccc(C(F)(F)C(F)(F)F)cc1F. The van der Waals surface area contributed by atoms with E-state index in [1.165, 1.54) is 24.3 Å². The monoisotopic (exact) mass is 666 g/mol. The third-order valence-corrected chi connectivity index (χ3v) is 13.9. The Labute approximate surface area is 211 Å². The largest absolute Gasteiger partial charge is 0.458 e. The summed E-state index contributed by atoms with van der Waals surface area (Å²) in [7, 11) is 0. The van der Waals surface area contributed by atoms with Crippen LogP contribution < -0.4 is 0 Å². The molecule has 0 unspecified atom stereocenters. The number of aldehydes is 1. The van der Waals surface area contributed by atoms with Crippen LogP contribution in [0.25, 0.3) is 0 Å². The third-order valence-electron chi connectivity index (χ3n) is 4.43. The van der Waals surface area contributed by atoms with Gasteiger partial charge in [0.2, 0.25) is 0 Å². The van der Waals surface area contributed by atoms with Crippen LogP contribution in [0.5, 0.6) is 0 Å². The number of carbonyl (C=O) groups excluding carboxylic acids is 4. The van der Waals surface area contributed by atoms with Crippen LogP contribution in [0.2, 0.25) is 0 Å². The van der Waals surface area contributed by atoms with E-state index < -0.39 is 75.6 Å². The average molecular weight is 666 g/mol. The fourth-order valence-electron chi connectivity index (χ4n) is 3.07. The zero-order valence-electron chi connectivity index (χ0n) is 19.2. The molecule has 0 bridgehead atoms. The summed E-state index contributed by atoms with van der Waals surface area (Å²) in [5, 5.41) is 9.21. The predicted molar refractivity (Wildman–Crippen MR) is 122 cm³/mol. The Bertz CT molecular complexity index is 1260. The van der Waals surface area contributed by atoms with Crippen LogP contribution in [0.15, 0.2) is 42.5 Å². The van der Waals surface area contributed by atoms with Crippen molar-refractivity contribution >= 4 is 48.5 Å². The van der Waals surface area contributed by atoms with E-state index in [1.54, 1.807) is 0 Å². The van der Waals surface area contributed by atoms with Crippen LogP contribution >= 0.6 is 18.3 Å². The van der Waals surface area contributed by atoms with Crippen molar-refractivity contribution in [1.29, 1.82) is 0 Å². The normalized spacial score (nSPS) is 16.3. The van der Waals surface area contributed by atoms with Crippen molar-refractivity contribution in [3.05, 3.63) is 68.5 Å². The molecule has 3 rings (SSSR count). The maximum absolute atomic E-state index is 12.8. The van der Waals surface area contributed by atoms with Gasteiger partial charge < -0.3 is 0 Å². The standard InChI is InChI=1S/C13H13IO8.C9H4F6O/c1-8(15)20-14(7-12(17)18,21-9(2)16)11-6-4-3-5-10(11)13(19)22-14;10-7-3-6(2-1-5(7)4-16)8(11,12)9(13,14)15/h3-6H,7H2,1-2H3,(H,17,18);1-4H. The van der Waals surface area contributed by atoms with Crippen molar-refractivity contribution in [2.75, 3.05) is 4.43 Å². The summed E-state index contributed by atoms with van der Waals surface area (Å²) in [6.45, 7) is 2.04. The molecule has 0 saturated carbocycles. The summed E-state index contributed by atoms with van der Waals surface area (Å²) in [6.07, 6.45) is -5.78. The van der Waals surface area contributed by atoms with E-state index in [0.717, 1.165) is 13.8 Å². The van der Waals surface area contributed by atoms with Crippen LogP contribution in [0.1, 0.15) is 40.1 Å². The van der Waals surface area contributed by atoms with E-state index in [9.17, 15) is 55.4 Å². The molecule has 9 nitrogen and oxygen atoms in total. The minimum atomic E-state index is -5.80. The summed E-state index contributed by atoms with van der Waals surface area (Å²) in [5.74, 6) is -10.7. The first-order valence-corrected chi connectivity index (χ1v) is 15.1. The van der Waals surface area contributed by atoms with E-state index in [4.69, 9.17) is 9.20 Å². The van der Waals surface area contributed by atoms with Crippen molar-refractivity contribution in [1.82, 2.24) is 0 Å². The number of alkyl halides is 6. The molecule has 2 aromatic carbocycles. The summed E-state index contributed by atoms with van der Waals surface area (Å²) in [6, 6.07) is 6.74. The molecule has 0 amide bonds. The van der Waals surface area contributed by atoms with Gasteiger partial charge in [-0.1, -0.05) is 6.07 Å². The van der Waals surface area contributed by atoms with E-state index in [2.05, 4.69) is 0 Å². The molecule has 1 N–H and O–H groups in total. The first-order valence-electron chi connectivity index (χ1n) is 9.90. The van der Waals surface area contributed by atoms with Crippen molar-refractivity contribution < 1.29 is 64.6 Å². The van der Waals surface area contributed by atoms with E-state index in [1.807, 2.05) is 0 Å². The zero-order valence-corrected chi connectivity index (χ0v) is 21.3. The number of carbonyl (C=O) groups is 5. The molecule has 16 heteroatoms. The van der Waals surface area contributed by atoms with Gasteiger partial charge in [0, 0.05) is 5.56 Å². The number of carboxylic acid groups (broad SMARTS) is 1. The Hall–Kier alpha value is -3.70. The van der Waals surface area contributed by atoms with Crippen LogP contribution in [0.3, 0.4) is 0 Å². The van der Waals surface area contributed by atoms with Gasteiger partial charge in [-0.05, 0) is 12.1 Å². The van der Waals surface area contributed by atoms with Gasteiger partial charge in [0.15, 0.2) is 6.29 Å². The van der Waals surface area contributed by atoms with Gasteiger partial charge in [-0.2, -0.15) is 22.0 Å². The predicted octanol–water partition coefficient (Wildman–Crippen LogP) is 4.85. The van der Waals surface area contributed by atoms with E-state index in [0.29, 0.717) is 12.1 Å². The number of hydrogen-bond donors (Lipinski definition) is 1. The minimum absolute atomic E-state index is 0.00275. The van der Waals surface area contributed by atoms with Gasteiger partial charge in [-0.25, -0.2) is 4.39 Å². The quantitative estimate of drug-likeness (QED) is 0.199. The van der Waals surface area contributed by atoms with Crippen molar-refractivity contribution in [3.8, 4) is 0 Å². The maximum atomic E-state index is 12.8. The van der Waals surface area contributed by atoms with Gasteiger partial charge in [-0.3, -0.25) is 4.79 Å². The first-order chi connectivity index (χ1) is 17.4. The summed E-state index contributed by atoms with van der Waals surface area (Å²) in [4.78, 5) is 56.6. The number of fused-ring (bicyclic) bond motifs is 1. The molecule has 0 aromatic heterocycles. The summed E-state index contributed by atoms with van der Waals surface area (Å²) < 4.78 is 88.6. The smallest absolute Gasteiger partial charge is 0.298 e. The van der Waals surface area contributed by atoms with Gasteiger partial charge >= 0.3 is 139 Å². The van der Waals surface area contributed by atoms with Crippen molar-refractivity contribution in [3.63, 3.8) is 0 Å². The molecule has 0 saturated heterocycles. The molecule has 1 aliphatic rings. The van der Waals surface area contributed by atoms with E-state index in [-0.39, 0.29) is 21.5 Å². The van der Waals surface area contributed by atoms with Crippen LogP contribution in [-0.4, -0.2) is 45.9 Å². The topological polar surface area (TPSA) is 133 Å². The molecule has 0 radical (unpaired) electrons. The molecule has 0 aliphatic carbocycles. The van der Waals surface area contributed by atoms with Crippen molar-refractivity contribution in [2.45, 2.75) is 25.9 Å². The first kappa shape index (κ1) is 30.5. The molecule has 1 aliphatic heterocycles. The van der Waals surface area contributed by atoms with Crippen LogP contribution in [0, 0.1) is 9.39 Å². The van der Waals surface area contributed by atoms with Crippen LogP contribution in [-0.2, 0) is 29.5 Å². The summed E-state index contributed by atoms with van der Waals surface area (Å²) >= 11 is -5.78. The Morgan fingerprint density at radius 2 is 1.55 bits per heavy atom. The Balaban J connectivity index is 0.000000281. The third kappa shape index (κ3) is 5.89. The summed E-state index contributed by atoms with van der Waals surface area (Å²) in [5.41, 5.74) is -2.09. The molecular weight excluding hydrogens is 649 g/mol. The molecular formula is C22H17F6IO9. The fourth-order valence-corrected chi connectivity index (χ4v) is 12.0. The molecule has 2 aromatic rings. The van der Waals surface area contributed by atoms with Gasteiger partial charge in [-0.15, -0.1) is 0 Å². The number of halogens is 7. The number of hydrogen-bond acceptors (Lipinski definition) is 8. The van der Waals surface area contributed by atoms with E-state index >= 15 is 0 Å². The number of rotatable bonds is 6. The molecule has 1 heterocycles. The Morgan fingerprint density at radius 1 is 1.00 bits per heavy atom. The van der Waals surface area contributed by atoms with Crippen LogP contribution in [0.4, 0.5) is 26.3 Å². The number of carboxylic acids is 1. The van der Waals surface area contributed by atoms with Gasteiger partial charge in [0.1, 0.15) is 5.82 Å². The maximum Gasteiger partial charge on any atom is 0.458 e. The second kappa shape index (κ2) is 10.6. The number of aliphatic carboxylic acids is 1. The molecule has 0 spiro atoms. The molecule has 0 fully saturated rings. The zero-order chi connectivity index (χ0) is 29.1. The molecule has 208 valence electrons. The fraction of sp³-hybridized carbons (Fsp3) is 0.227. The van der Waals surface area contributed by atoms with Gasteiger partial charge in [0.05, 0.1) is 5.56 Å². The van der Waals surface area contributed by atoms with Crippen molar-refractivity contribution in [2.24, 2.45) is 0 Å². The van der Waals surface area contributed by atoms with Gasteiger partial charge in [0.25, 0.3) is 0 Å². The molecule has 38 heavy (non-hydrogen) atoms. The Morgan fingerprint density at radius 3 is 2.00 bits per heavy atom. The second-order valence-corrected chi connectivity index (χ2v) is 15.6. The number of benzene rings is 2.